The van der Waals surface area contributed by atoms with Crippen molar-refractivity contribution in [2.75, 3.05) is 4.90 Å². The molecule has 1 aliphatic carbocycles. The highest BCUT2D eigenvalue weighted by atomic mass is 35.5. The van der Waals surface area contributed by atoms with Crippen molar-refractivity contribution in [3.63, 3.8) is 0 Å². The molecule has 3 amide bonds. The molecule has 9 nitrogen and oxygen atoms in total. The normalized spacial score (nSPS) is 18.4. The zero-order chi connectivity index (χ0) is 20.9. The number of hydrogen-bond acceptors (Lipinski definition) is 6. The number of carbonyl (C=O) groups excluding carboxylic acids is 3. The molecule has 0 spiro atoms. The van der Waals surface area contributed by atoms with E-state index in [2.05, 4.69) is 15.4 Å². The third-order valence-corrected chi connectivity index (χ3v) is 4.62. The lowest BCUT2D eigenvalue weighted by molar-refractivity contribution is -0.124. The number of fused-ring (bicyclic) bond motifs is 1. The highest BCUT2D eigenvalue weighted by Crippen LogP contribution is 2.34. The number of aromatic nitrogens is 3. The molecule has 10 heteroatoms. The summed E-state index contributed by atoms with van der Waals surface area (Å²) in [6.45, 7) is 5.41. The molecule has 0 radical (unpaired) electrons. The lowest BCUT2D eigenvalue weighted by atomic mass is 10.1. The molecule has 2 aromatic rings. The van der Waals surface area contributed by atoms with E-state index in [0.29, 0.717) is 22.6 Å². The van der Waals surface area contributed by atoms with Gasteiger partial charge in [-0.25, -0.2) is 9.78 Å². The summed E-state index contributed by atoms with van der Waals surface area (Å²) >= 11 is 6.24. The summed E-state index contributed by atoms with van der Waals surface area (Å²) in [5, 5.41) is 6.75. The molecule has 3 heterocycles. The molecule has 0 bridgehead atoms. The number of ether oxygens (including phenoxy) is 1. The van der Waals surface area contributed by atoms with Crippen LogP contribution in [0.1, 0.15) is 45.6 Å². The molecule has 4 rings (SSSR count). The molecule has 0 unspecified atom stereocenters. The number of imide groups is 1. The van der Waals surface area contributed by atoms with Crippen LogP contribution in [0.25, 0.3) is 11.7 Å². The summed E-state index contributed by atoms with van der Waals surface area (Å²) in [5.74, 6) is -0.354. The predicted octanol–water partition coefficient (Wildman–Crippen LogP) is 2.72. The summed E-state index contributed by atoms with van der Waals surface area (Å²) in [6.07, 6.45) is 4.29. The van der Waals surface area contributed by atoms with Crippen LogP contribution in [0.3, 0.4) is 0 Å². The Morgan fingerprint density at radius 2 is 2.10 bits per heavy atom. The zero-order valence-electron chi connectivity index (χ0n) is 16.2. The molecule has 1 N–H and O–H groups in total. The van der Waals surface area contributed by atoms with Gasteiger partial charge in [-0.3, -0.25) is 19.8 Å². The van der Waals surface area contributed by atoms with Crippen LogP contribution in [0, 0.1) is 0 Å². The number of anilines is 1. The van der Waals surface area contributed by atoms with E-state index in [1.807, 2.05) is 0 Å². The van der Waals surface area contributed by atoms with Crippen molar-refractivity contribution in [3.05, 3.63) is 28.6 Å². The second-order valence-electron chi connectivity index (χ2n) is 8.08. The first-order chi connectivity index (χ1) is 13.6. The van der Waals surface area contributed by atoms with Crippen LogP contribution in [-0.4, -0.2) is 44.1 Å². The Morgan fingerprint density at radius 3 is 2.69 bits per heavy atom. The van der Waals surface area contributed by atoms with Gasteiger partial charge in [0.1, 0.15) is 16.6 Å². The third kappa shape index (κ3) is 3.95. The highest BCUT2D eigenvalue weighted by molar-refractivity contribution is 6.30. The average Bonchev–Trinajstić information content (AvgIpc) is 3.25. The second-order valence-corrected chi connectivity index (χ2v) is 8.46. The molecular formula is C19H20ClN5O4. The van der Waals surface area contributed by atoms with Crippen molar-refractivity contribution >= 4 is 47.0 Å². The molecule has 1 aliphatic heterocycles. The van der Waals surface area contributed by atoms with Gasteiger partial charge in [0.25, 0.3) is 5.91 Å². The van der Waals surface area contributed by atoms with Crippen LogP contribution in [0.2, 0.25) is 5.15 Å². The Kier molecular flexibility index (Phi) is 4.57. The van der Waals surface area contributed by atoms with Crippen LogP contribution in [-0.2, 0) is 14.3 Å². The lowest BCUT2D eigenvalue weighted by Crippen LogP contribution is -2.39. The number of nitrogens with zero attached hydrogens (tertiary/aromatic N) is 4. The standard InChI is InChI=1S/C19H20ClN5O4/c1-19(2,3)29-18(28)24(12-4-5-12)15-8-13(20)22-16-11(9-21-25(15)16)6-10-7-14(26)23-17(10)27/h6,8-9,12H,4-5,7H2,1-3H3,(H,23,26,27)/b10-6+. The largest absolute Gasteiger partial charge is 0.443 e. The average molecular weight is 418 g/mol. The summed E-state index contributed by atoms with van der Waals surface area (Å²) in [6, 6.07) is 1.56. The fraction of sp³-hybridized carbons (Fsp3) is 0.421. The minimum absolute atomic E-state index is 0.00393. The smallest absolute Gasteiger partial charge is 0.416 e. The van der Waals surface area contributed by atoms with Gasteiger partial charge in [0.05, 0.1) is 12.6 Å². The molecule has 2 aliphatic rings. The van der Waals surface area contributed by atoms with Gasteiger partial charge < -0.3 is 4.74 Å². The Hall–Kier alpha value is -2.94. The van der Waals surface area contributed by atoms with Gasteiger partial charge in [-0.15, -0.1) is 0 Å². The van der Waals surface area contributed by atoms with Crippen LogP contribution in [0.15, 0.2) is 17.8 Å². The maximum absolute atomic E-state index is 12.9. The van der Waals surface area contributed by atoms with Crippen LogP contribution < -0.4 is 10.2 Å². The van der Waals surface area contributed by atoms with E-state index in [1.54, 1.807) is 37.8 Å². The monoisotopic (exact) mass is 417 g/mol. The van der Waals surface area contributed by atoms with Gasteiger partial charge in [0.15, 0.2) is 5.65 Å². The summed E-state index contributed by atoms with van der Waals surface area (Å²) in [4.78, 5) is 42.0. The molecule has 29 heavy (non-hydrogen) atoms. The van der Waals surface area contributed by atoms with Crippen LogP contribution in [0.5, 0.6) is 0 Å². The first-order valence-electron chi connectivity index (χ1n) is 9.23. The third-order valence-electron chi connectivity index (χ3n) is 4.42. The number of nitrogens with one attached hydrogen (secondary N) is 1. The molecule has 2 fully saturated rings. The number of amides is 3. The van der Waals surface area contributed by atoms with Gasteiger partial charge >= 0.3 is 6.09 Å². The van der Waals surface area contributed by atoms with E-state index in [0.717, 1.165) is 12.8 Å². The predicted molar refractivity (Wildman–Crippen MR) is 105 cm³/mol. The minimum Gasteiger partial charge on any atom is -0.443 e. The Labute approximate surface area is 171 Å². The first kappa shape index (κ1) is 19.4. The summed E-state index contributed by atoms with van der Waals surface area (Å²) in [7, 11) is 0. The molecule has 0 atom stereocenters. The second kappa shape index (κ2) is 6.84. The zero-order valence-corrected chi connectivity index (χ0v) is 17.0. The van der Waals surface area contributed by atoms with E-state index < -0.39 is 17.6 Å². The fourth-order valence-corrected chi connectivity index (χ4v) is 3.27. The van der Waals surface area contributed by atoms with Crippen molar-refractivity contribution < 1.29 is 19.1 Å². The van der Waals surface area contributed by atoms with Gasteiger partial charge in [0.2, 0.25) is 5.91 Å². The van der Waals surface area contributed by atoms with E-state index in [-0.39, 0.29) is 23.5 Å². The maximum atomic E-state index is 12.9. The molecular weight excluding hydrogens is 398 g/mol. The van der Waals surface area contributed by atoms with Gasteiger partial charge in [0, 0.05) is 23.2 Å². The molecule has 1 saturated carbocycles. The Balaban J connectivity index is 1.78. The fourth-order valence-electron chi connectivity index (χ4n) is 3.09. The van der Waals surface area contributed by atoms with E-state index in [9.17, 15) is 14.4 Å². The Bertz CT molecular complexity index is 1060. The number of hydrogen-bond donors (Lipinski definition) is 1. The summed E-state index contributed by atoms with van der Waals surface area (Å²) in [5.41, 5.74) is 0.566. The maximum Gasteiger partial charge on any atom is 0.416 e. The highest BCUT2D eigenvalue weighted by Gasteiger charge is 2.38. The number of halogens is 1. The van der Waals surface area contributed by atoms with Gasteiger partial charge in [-0.05, 0) is 39.7 Å². The topological polar surface area (TPSA) is 106 Å². The molecule has 152 valence electrons. The minimum atomic E-state index is -0.651. The van der Waals surface area contributed by atoms with Crippen molar-refractivity contribution in [2.45, 2.75) is 51.7 Å². The van der Waals surface area contributed by atoms with Crippen molar-refractivity contribution in [1.29, 1.82) is 0 Å². The van der Waals surface area contributed by atoms with Gasteiger partial charge in [-0.2, -0.15) is 9.61 Å². The van der Waals surface area contributed by atoms with Gasteiger partial charge in [-0.1, -0.05) is 11.6 Å². The van der Waals surface area contributed by atoms with Crippen molar-refractivity contribution in [2.24, 2.45) is 0 Å². The molecule has 0 aromatic carbocycles. The quantitative estimate of drug-likeness (QED) is 0.467. The van der Waals surface area contributed by atoms with Crippen LogP contribution in [0.4, 0.5) is 10.6 Å². The van der Waals surface area contributed by atoms with E-state index in [1.165, 1.54) is 10.7 Å². The number of rotatable bonds is 3. The van der Waals surface area contributed by atoms with Crippen LogP contribution >= 0.6 is 11.6 Å². The molecule has 1 saturated heterocycles. The van der Waals surface area contributed by atoms with E-state index in [4.69, 9.17) is 16.3 Å². The first-order valence-corrected chi connectivity index (χ1v) is 9.61. The molecule has 2 aromatic heterocycles. The van der Waals surface area contributed by atoms with Crippen molar-refractivity contribution in [1.82, 2.24) is 19.9 Å². The lowest BCUT2D eigenvalue weighted by Gasteiger charge is -2.27. The van der Waals surface area contributed by atoms with E-state index >= 15 is 0 Å². The van der Waals surface area contributed by atoms with Crippen molar-refractivity contribution in [3.8, 4) is 0 Å². The SMILES string of the molecule is CC(C)(C)OC(=O)N(c1cc(Cl)nc2c(/C=C3\CC(=O)NC3=O)cnn12)C1CC1. The number of carbonyl (C=O) groups is 3. The summed E-state index contributed by atoms with van der Waals surface area (Å²) < 4.78 is 7.06. The Morgan fingerprint density at radius 1 is 1.38 bits per heavy atom.